The maximum absolute atomic E-state index is 9.28. The van der Waals surface area contributed by atoms with Crippen LogP contribution in [-0.4, -0.2) is 24.9 Å². The van der Waals surface area contributed by atoms with E-state index in [1.807, 2.05) is 0 Å². The number of hydrogen-bond donors (Lipinski definition) is 1. The second-order valence-corrected chi connectivity index (χ2v) is 4.12. The number of rotatable bonds is 2. The highest BCUT2D eigenvalue weighted by Crippen LogP contribution is 2.27. The van der Waals surface area contributed by atoms with Crippen LogP contribution in [0.4, 0.5) is 5.69 Å². The maximum atomic E-state index is 9.28. The average Bonchev–Trinajstić information content (AvgIpc) is 2.55. The van der Waals surface area contributed by atoms with E-state index in [4.69, 9.17) is 5.73 Å². The van der Waals surface area contributed by atoms with E-state index in [1.54, 1.807) is 30.6 Å². The third-order valence-corrected chi connectivity index (χ3v) is 2.83. The molecule has 0 fully saturated rings. The predicted molar refractivity (Wildman–Crippen MR) is 75.4 cm³/mol. The highest BCUT2D eigenvalue weighted by molar-refractivity contribution is 5.76. The molecule has 0 amide bonds. The summed E-state index contributed by atoms with van der Waals surface area (Å²) in [6, 6.07) is 7.07. The Kier molecular flexibility index (Phi) is 3.19. The molecule has 0 unspecified atom stereocenters. The van der Waals surface area contributed by atoms with Gasteiger partial charge in [-0.2, -0.15) is 5.26 Å². The minimum Gasteiger partial charge on any atom is -0.398 e. The largest absolute Gasteiger partial charge is 0.398 e. The van der Waals surface area contributed by atoms with E-state index in [0.29, 0.717) is 28.5 Å². The smallest absolute Gasteiger partial charge is 0.116 e. The van der Waals surface area contributed by atoms with Crippen molar-refractivity contribution in [3.63, 3.8) is 0 Å². The molecule has 0 atom stereocenters. The number of pyridine rings is 1. The Balaban J connectivity index is 2.24. The Morgan fingerprint density at radius 3 is 2.19 bits per heavy atom. The Morgan fingerprint density at radius 1 is 0.952 bits per heavy atom. The summed E-state index contributed by atoms with van der Waals surface area (Å²) in [7, 11) is 0. The fourth-order valence-corrected chi connectivity index (χ4v) is 1.87. The van der Waals surface area contributed by atoms with Crippen molar-refractivity contribution in [3.05, 3.63) is 48.8 Å². The van der Waals surface area contributed by atoms with Crippen molar-refractivity contribution in [2.24, 2.45) is 0 Å². The first-order valence-electron chi connectivity index (χ1n) is 6.03. The Bertz CT molecular complexity index is 810. The summed E-state index contributed by atoms with van der Waals surface area (Å²) in [5.74, 6) is 0. The van der Waals surface area contributed by atoms with Gasteiger partial charge in [-0.1, -0.05) is 0 Å². The molecule has 100 valence electrons. The third kappa shape index (κ3) is 2.37. The van der Waals surface area contributed by atoms with Gasteiger partial charge in [0.1, 0.15) is 30.0 Å². The van der Waals surface area contributed by atoms with Crippen LogP contribution < -0.4 is 5.73 Å². The summed E-state index contributed by atoms with van der Waals surface area (Å²) in [5, 5.41) is 9.28. The molecule has 0 bridgehead atoms. The predicted octanol–water partition coefficient (Wildman–Crippen LogP) is 1.45. The first-order chi connectivity index (χ1) is 10.3. The molecule has 3 heterocycles. The molecule has 7 nitrogen and oxygen atoms in total. The van der Waals surface area contributed by atoms with Crippen molar-refractivity contribution in [3.8, 4) is 28.8 Å². The SMILES string of the molecule is N#Cc1c(N)cc(-c2ccncn2)nc1-c1ccncn1. The van der Waals surface area contributed by atoms with Crippen LogP contribution >= 0.6 is 0 Å². The van der Waals surface area contributed by atoms with Gasteiger partial charge in [-0.15, -0.1) is 0 Å². The number of nitrogen functional groups attached to an aromatic ring is 1. The molecule has 0 aliphatic rings. The highest BCUT2D eigenvalue weighted by atomic mass is 14.9. The van der Waals surface area contributed by atoms with Crippen LogP contribution in [0.25, 0.3) is 22.8 Å². The summed E-state index contributed by atoms with van der Waals surface area (Å²) in [6.45, 7) is 0. The van der Waals surface area contributed by atoms with Gasteiger partial charge in [0.25, 0.3) is 0 Å². The number of nitrogens with two attached hydrogens (primary N) is 1. The first kappa shape index (κ1) is 12.6. The normalized spacial score (nSPS) is 10.0. The summed E-state index contributed by atoms with van der Waals surface area (Å²) < 4.78 is 0. The third-order valence-electron chi connectivity index (χ3n) is 2.83. The van der Waals surface area contributed by atoms with Crippen LogP contribution in [0.1, 0.15) is 5.56 Å². The van der Waals surface area contributed by atoms with E-state index < -0.39 is 0 Å². The molecular formula is C14H9N7. The average molecular weight is 275 g/mol. The topological polar surface area (TPSA) is 114 Å². The lowest BCUT2D eigenvalue weighted by Gasteiger charge is -2.08. The second kappa shape index (κ2) is 5.30. The number of hydrogen-bond acceptors (Lipinski definition) is 7. The van der Waals surface area contributed by atoms with E-state index in [0.717, 1.165) is 0 Å². The summed E-state index contributed by atoms with van der Waals surface area (Å²) in [6.07, 6.45) is 6.02. The van der Waals surface area contributed by atoms with Gasteiger partial charge in [-0.25, -0.2) is 24.9 Å². The molecule has 3 rings (SSSR count). The molecule has 0 radical (unpaired) electrons. The molecule has 0 spiro atoms. The van der Waals surface area contributed by atoms with Gasteiger partial charge in [0.05, 0.1) is 22.8 Å². The summed E-state index contributed by atoms with van der Waals surface area (Å²) >= 11 is 0. The fourth-order valence-electron chi connectivity index (χ4n) is 1.87. The van der Waals surface area contributed by atoms with Crippen LogP contribution in [-0.2, 0) is 0 Å². The minimum atomic E-state index is 0.284. The quantitative estimate of drug-likeness (QED) is 0.752. The van der Waals surface area contributed by atoms with Crippen molar-refractivity contribution in [2.75, 3.05) is 5.73 Å². The lowest BCUT2D eigenvalue weighted by atomic mass is 10.1. The van der Waals surface area contributed by atoms with Gasteiger partial charge in [0, 0.05) is 12.4 Å². The Morgan fingerprint density at radius 2 is 1.62 bits per heavy atom. The van der Waals surface area contributed by atoms with Crippen molar-refractivity contribution in [1.29, 1.82) is 5.26 Å². The van der Waals surface area contributed by atoms with Crippen molar-refractivity contribution in [2.45, 2.75) is 0 Å². The molecular weight excluding hydrogens is 266 g/mol. The Labute approximate surface area is 120 Å². The van der Waals surface area contributed by atoms with Crippen molar-refractivity contribution < 1.29 is 0 Å². The van der Waals surface area contributed by atoms with Gasteiger partial charge >= 0.3 is 0 Å². The zero-order chi connectivity index (χ0) is 14.7. The number of nitriles is 1. The van der Waals surface area contributed by atoms with E-state index in [2.05, 4.69) is 31.0 Å². The number of anilines is 1. The van der Waals surface area contributed by atoms with Crippen molar-refractivity contribution >= 4 is 5.69 Å². The van der Waals surface area contributed by atoms with E-state index in [9.17, 15) is 5.26 Å². The van der Waals surface area contributed by atoms with E-state index in [1.165, 1.54) is 12.7 Å². The molecule has 0 saturated heterocycles. The van der Waals surface area contributed by atoms with Crippen LogP contribution in [0.2, 0.25) is 0 Å². The van der Waals surface area contributed by atoms with Gasteiger partial charge in [-0.3, -0.25) is 0 Å². The molecule has 0 saturated carbocycles. The van der Waals surface area contributed by atoms with Crippen LogP contribution in [0.15, 0.2) is 43.2 Å². The summed E-state index contributed by atoms with van der Waals surface area (Å²) in [5.41, 5.74) is 8.69. The standard InChI is InChI=1S/C14H9N7/c15-6-9-10(16)5-13(11-1-3-17-7-19-11)21-14(9)12-2-4-18-8-20-12/h1-5,7-8H,(H2,16,21). The lowest BCUT2D eigenvalue weighted by Crippen LogP contribution is -2.01. The van der Waals surface area contributed by atoms with Gasteiger partial charge in [0.15, 0.2) is 0 Å². The fraction of sp³-hybridized carbons (Fsp3) is 0. The monoisotopic (exact) mass is 275 g/mol. The minimum absolute atomic E-state index is 0.284. The van der Waals surface area contributed by atoms with Gasteiger partial charge in [0.2, 0.25) is 0 Å². The zero-order valence-electron chi connectivity index (χ0n) is 10.8. The second-order valence-electron chi connectivity index (χ2n) is 4.12. The van der Waals surface area contributed by atoms with Crippen molar-refractivity contribution in [1.82, 2.24) is 24.9 Å². The van der Waals surface area contributed by atoms with E-state index in [-0.39, 0.29) is 5.56 Å². The van der Waals surface area contributed by atoms with Crippen LogP contribution in [0.5, 0.6) is 0 Å². The first-order valence-corrected chi connectivity index (χ1v) is 6.03. The molecule has 21 heavy (non-hydrogen) atoms. The number of nitrogens with zero attached hydrogens (tertiary/aromatic N) is 6. The van der Waals surface area contributed by atoms with Crippen LogP contribution in [0, 0.1) is 11.3 Å². The molecule has 3 aromatic rings. The number of aromatic nitrogens is 5. The molecule has 3 aromatic heterocycles. The van der Waals surface area contributed by atoms with Crippen LogP contribution in [0.3, 0.4) is 0 Å². The molecule has 0 aromatic carbocycles. The molecule has 0 aliphatic carbocycles. The van der Waals surface area contributed by atoms with Gasteiger partial charge in [-0.05, 0) is 18.2 Å². The van der Waals surface area contributed by atoms with E-state index >= 15 is 0 Å². The molecule has 0 aliphatic heterocycles. The highest BCUT2D eigenvalue weighted by Gasteiger charge is 2.14. The summed E-state index contributed by atoms with van der Waals surface area (Å²) in [4.78, 5) is 20.4. The lowest BCUT2D eigenvalue weighted by molar-refractivity contribution is 1.13. The molecule has 2 N–H and O–H groups in total. The zero-order valence-corrected chi connectivity index (χ0v) is 10.8. The maximum Gasteiger partial charge on any atom is 0.116 e. The van der Waals surface area contributed by atoms with Gasteiger partial charge < -0.3 is 5.73 Å². The Hall–Kier alpha value is -3.40. The molecule has 7 heteroatoms.